The van der Waals surface area contributed by atoms with Crippen molar-refractivity contribution in [3.05, 3.63) is 27.9 Å². The van der Waals surface area contributed by atoms with Crippen LogP contribution in [0.5, 0.6) is 0 Å². The first-order valence-corrected chi connectivity index (χ1v) is 8.78. The van der Waals surface area contributed by atoms with Crippen LogP contribution >= 0.6 is 22.6 Å². The van der Waals surface area contributed by atoms with E-state index in [1.807, 2.05) is 12.1 Å². The van der Waals surface area contributed by atoms with E-state index in [-0.39, 0.29) is 11.8 Å². The van der Waals surface area contributed by atoms with E-state index in [0.717, 1.165) is 29.1 Å². The van der Waals surface area contributed by atoms with Gasteiger partial charge in [0.2, 0.25) is 0 Å². The molecule has 10 heteroatoms. The molecule has 1 fully saturated rings. The lowest BCUT2D eigenvalue weighted by atomic mass is 10.2. The molecule has 2 aromatic rings. The van der Waals surface area contributed by atoms with Crippen molar-refractivity contribution in [2.45, 2.75) is 6.10 Å². The van der Waals surface area contributed by atoms with Crippen molar-refractivity contribution in [1.29, 1.82) is 5.26 Å². The number of halogens is 1. The fourth-order valence-corrected chi connectivity index (χ4v) is 2.81. The van der Waals surface area contributed by atoms with Gasteiger partial charge in [0.05, 0.1) is 30.8 Å². The largest absolute Gasteiger partial charge is 0.380 e. The number of nitrogens with one attached hydrogen (secondary N) is 2. The van der Waals surface area contributed by atoms with Crippen LogP contribution < -0.4 is 10.6 Å². The van der Waals surface area contributed by atoms with Gasteiger partial charge in [-0.15, -0.1) is 10.2 Å². The summed E-state index contributed by atoms with van der Waals surface area (Å²) in [6.45, 7) is 3.30. The molecule has 0 radical (unpaired) electrons. The third kappa shape index (κ3) is 4.94. The summed E-state index contributed by atoms with van der Waals surface area (Å²) >= 11 is 2.14. The number of morpholine rings is 1. The van der Waals surface area contributed by atoms with Gasteiger partial charge in [0.1, 0.15) is 15.6 Å². The van der Waals surface area contributed by atoms with E-state index in [9.17, 15) is 0 Å². The molecule has 0 bridgehead atoms. The summed E-state index contributed by atoms with van der Waals surface area (Å²) in [5.74, 6) is 1.04. The van der Waals surface area contributed by atoms with E-state index in [4.69, 9.17) is 10.00 Å². The molecular formula is C15H17IN8O. The van der Waals surface area contributed by atoms with Gasteiger partial charge in [0, 0.05) is 25.7 Å². The number of hydrogen-bond acceptors (Lipinski definition) is 9. The Morgan fingerprint density at radius 3 is 2.96 bits per heavy atom. The van der Waals surface area contributed by atoms with Gasteiger partial charge in [-0.25, -0.2) is 9.97 Å². The summed E-state index contributed by atoms with van der Waals surface area (Å²) in [5.41, 5.74) is 1.13. The quantitative estimate of drug-likeness (QED) is 0.647. The number of likely N-dealkylation sites (N-methyl/N-ethyl adjacent to an activating group) is 1. The minimum absolute atomic E-state index is 0.142. The molecule has 9 nitrogen and oxygen atoms in total. The van der Waals surface area contributed by atoms with Crippen LogP contribution in [0.1, 0.15) is 5.69 Å². The highest BCUT2D eigenvalue weighted by Crippen LogP contribution is 2.20. The van der Waals surface area contributed by atoms with E-state index >= 15 is 0 Å². The lowest BCUT2D eigenvalue weighted by molar-refractivity contribution is -0.0117. The Bertz CT molecular complexity index is 763. The van der Waals surface area contributed by atoms with E-state index in [0.29, 0.717) is 18.2 Å². The highest BCUT2D eigenvalue weighted by Gasteiger charge is 2.18. The number of nitrogens with zero attached hydrogens (tertiary/aromatic N) is 6. The first-order chi connectivity index (χ1) is 12.1. The Labute approximate surface area is 159 Å². The molecule has 1 aliphatic rings. The zero-order valence-corrected chi connectivity index (χ0v) is 15.8. The molecule has 130 valence electrons. The molecular weight excluding hydrogens is 435 g/mol. The second-order valence-electron chi connectivity index (χ2n) is 5.59. The molecule has 1 atom stereocenters. The smallest absolute Gasteiger partial charge is 0.158 e. The fourth-order valence-electron chi connectivity index (χ4n) is 2.36. The zero-order valence-electron chi connectivity index (χ0n) is 13.6. The van der Waals surface area contributed by atoms with Crippen molar-refractivity contribution in [2.75, 3.05) is 43.9 Å². The number of nitriles is 1. The van der Waals surface area contributed by atoms with Gasteiger partial charge in [-0.1, -0.05) is 0 Å². The minimum atomic E-state index is 0.142. The van der Waals surface area contributed by atoms with Crippen molar-refractivity contribution < 1.29 is 4.74 Å². The number of rotatable bonds is 5. The van der Waals surface area contributed by atoms with Gasteiger partial charge < -0.3 is 20.3 Å². The molecule has 0 spiro atoms. The van der Waals surface area contributed by atoms with Crippen LogP contribution in [0, 0.1) is 15.0 Å². The predicted molar refractivity (Wildman–Crippen MR) is 101 cm³/mol. The Morgan fingerprint density at radius 2 is 2.24 bits per heavy atom. The second kappa shape index (κ2) is 8.32. The molecule has 1 saturated heterocycles. The zero-order chi connectivity index (χ0) is 17.6. The molecule has 2 N–H and O–H groups in total. The lowest BCUT2D eigenvalue weighted by Gasteiger charge is -2.30. The SMILES string of the molecule is CN1CCOC(CNc2cc(Nc3cnc(C#N)cn3)nnc2I)C1. The molecule has 0 amide bonds. The topological polar surface area (TPSA) is 112 Å². The summed E-state index contributed by atoms with van der Waals surface area (Å²) in [6.07, 6.45) is 3.03. The van der Waals surface area contributed by atoms with Gasteiger partial charge in [0.25, 0.3) is 0 Å². The molecule has 1 unspecified atom stereocenters. The van der Waals surface area contributed by atoms with Gasteiger partial charge in [-0.2, -0.15) is 5.26 Å². The van der Waals surface area contributed by atoms with Crippen LogP contribution in [-0.2, 0) is 4.74 Å². The summed E-state index contributed by atoms with van der Waals surface area (Å²) < 4.78 is 6.53. The maximum absolute atomic E-state index is 8.75. The molecule has 2 aromatic heterocycles. The van der Waals surface area contributed by atoms with Crippen LogP contribution in [0.3, 0.4) is 0 Å². The number of ether oxygens (including phenoxy) is 1. The van der Waals surface area contributed by atoms with E-state index in [1.54, 1.807) is 0 Å². The standard InChI is InChI=1S/C15H17IN8O/c1-24-2-3-25-11(9-24)7-19-12-4-13(22-23-15(12)16)21-14-8-18-10(5-17)6-20-14/h4,6,8,11H,2-3,7,9H2,1H3,(H2,19,20,21,22). The van der Waals surface area contributed by atoms with Gasteiger partial charge in [-0.3, -0.25) is 0 Å². The van der Waals surface area contributed by atoms with Gasteiger partial charge in [0.15, 0.2) is 11.5 Å². The third-order valence-electron chi connectivity index (χ3n) is 3.63. The normalized spacial score (nSPS) is 17.7. The molecule has 3 rings (SSSR count). The summed E-state index contributed by atoms with van der Waals surface area (Å²) in [7, 11) is 2.09. The van der Waals surface area contributed by atoms with Crippen LogP contribution in [-0.4, -0.2) is 64.5 Å². The number of aromatic nitrogens is 4. The monoisotopic (exact) mass is 452 g/mol. The number of anilines is 3. The Kier molecular flexibility index (Phi) is 5.90. The first kappa shape index (κ1) is 17.7. The van der Waals surface area contributed by atoms with Crippen molar-refractivity contribution >= 4 is 39.9 Å². The average Bonchev–Trinajstić information content (AvgIpc) is 2.63. The molecule has 0 saturated carbocycles. The molecule has 0 aromatic carbocycles. The van der Waals surface area contributed by atoms with E-state index in [1.165, 1.54) is 12.4 Å². The Balaban J connectivity index is 1.64. The second-order valence-corrected chi connectivity index (χ2v) is 6.62. The first-order valence-electron chi connectivity index (χ1n) is 7.70. The van der Waals surface area contributed by atoms with Crippen molar-refractivity contribution in [2.24, 2.45) is 0 Å². The molecule has 0 aliphatic carbocycles. The van der Waals surface area contributed by atoms with Crippen LogP contribution in [0.25, 0.3) is 0 Å². The summed E-state index contributed by atoms with van der Waals surface area (Å²) in [6, 6.07) is 3.79. The van der Waals surface area contributed by atoms with E-state index < -0.39 is 0 Å². The maximum Gasteiger partial charge on any atom is 0.158 e. The van der Waals surface area contributed by atoms with Crippen molar-refractivity contribution in [1.82, 2.24) is 25.1 Å². The Morgan fingerprint density at radius 1 is 1.36 bits per heavy atom. The van der Waals surface area contributed by atoms with E-state index in [2.05, 4.69) is 65.3 Å². The molecule has 25 heavy (non-hydrogen) atoms. The summed E-state index contributed by atoms with van der Waals surface area (Å²) in [5, 5.41) is 23.4. The van der Waals surface area contributed by atoms with Crippen LogP contribution in [0.4, 0.5) is 17.3 Å². The van der Waals surface area contributed by atoms with Crippen LogP contribution in [0.15, 0.2) is 18.5 Å². The number of hydrogen-bond donors (Lipinski definition) is 2. The predicted octanol–water partition coefficient (Wildman–Crippen LogP) is 1.23. The van der Waals surface area contributed by atoms with Gasteiger partial charge in [-0.05, 0) is 29.6 Å². The lowest BCUT2D eigenvalue weighted by Crippen LogP contribution is -2.43. The van der Waals surface area contributed by atoms with Crippen LogP contribution in [0.2, 0.25) is 0 Å². The van der Waals surface area contributed by atoms with Crippen molar-refractivity contribution in [3.8, 4) is 6.07 Å². The fraction of sp³-hybridized carbons (Fsp3) is 0.400. The van der Waals surface area contributed by atoms with Crippen molar-refractivity contribution in [3.63, 3.8) is 0 Å². The summed E-state index contributed by atoms with van der Waals surface area (Å²) in [4.78, 5) is 10.3. The van der Waals surface area contributed by atoms with Gasteiger partial charge >= 0.3 is 0 Å². The highest BCUT2D eigenvalue weighted by molar-refractivity contribution is 14.1. The minimum Gasteiger partial charge on any atom is -0.380 e. The average molecular weight is 452 g/mol. The highest BCUT2D eigenvalue weighted by atomic mass is 127. The Hall–Kier alpha value is -2.10. The maximum atomic E-state index is 8.75. The third-order valence-corrected chi connectivity index (χ3v) is 4.43. The molecule has 1 aliphatic heterocycles. The molecule has 3 heterocycles.